The van der Waals surface area contributed by atoms with Crippen molar-refractivity contribution in [2.75, 3.05) is 17.2 Å². The van der Waals surface area contributed by atoms with Gasteiger partial charge in [-0.1, -0.05) is 32.0 Å². The van der Waals surface area contributed by atoms with Gasteiger partial charge in [-0.25, -0.2) is 4.79 Å². The standard InChI is InChI=1S/C26H26N2O5/c1-3-17(2)18-9-13-23(14-10-18)33-16-24(29)27-22-6-4-5-20(15-22)25(30)28-21-11-7-19(8-12-21)26(31)32/h4-15,17H,3,16H2,1-2H3,(H,27,29)(H,28,30)(H,31,32)/t17-/m0/s1. The molecular weight excluding hydrogens is 420 g/mol. The topological polar surface area (TPSA) is 105 Å². The summed E-state index contributed by atoms with van der Waals surface area (Å²) in [7, 11) is 0. The fourth-order valence-electron chi connectivity index (χ4n) is 3.11. The van der Waals surface area contributed by atoms with Gasteiger partial charge in [0.05, 0.1) is 5.56 Å². The van der Waals surface area contributed by atoms with Crippen molar-refractivity contribution in [2.24, 2.45) is 0 Å². The molecule has 7 nitrogen and oxygen atoms in total. The van der Waals surface area contributed by atoms with E-state index in [4.69, 9.17) is 9.84 Å². The summed E-state index contributed by atoms with van der Waals surface area (Å²) in [6.07, 6.45) is 1.05. The van der Waals surface area contributed by atoms with Crippen molar-refractivity contribution in [3.63, 3.8) is 0 Å². The van der Waals surface area contributed by atoms with E-state index in [0.29, 0.717) is 28.6 Å². The summed E-state index contributed by atoms with van der Waals surface area (Å²) in [5.41, 5.74) is 2.63. The van der Waals surface area contributed by atoms with E-state index in [-0.39, 0.29) is 24.0 Å². The minimum absolute atomic E-state index is 0.131. The lowest BCUT2D eigenvalue weighted by Gasteiger charge is -2.11. The van der Waals surface area contributed by atoms with Gasteiger partial charge in [0.15, 0.2) is 6.61 Å². The van der Waals surface area contributed by atoms with Gasteiger partial charge in [-0.2, -0.15) is 0 Å². The lowest BCUT2D eigenvalue weighted by Crippen LogP contribution is -2.20. The minimum atomic E-state index is -1.04. The van der Waals surface area contributed by atoms with Gasteiger partial charge in [-0.05, 0) is 72.5 Å². The van der Waals surface area contributed by atoms with E-state index in [2.05, 4.69) is 24.5 Å². The number of anilines is 2. The molecule has 0 fully saturated rings. The lowest BCUT2D eigenvalue weighted by molar-refractivity contribution is -0.118. The molecule has 0 saturated carbocycles. The second kappa shape index (κ2) is 10.9. The Morgan fingerprint density at radius 2 is 1.58 bits per heavy atom. The largest absolute Gasteiger partial charge is 0.484 e. The normalized spacial score (nSPS) is 11.3. The molecule has 0 spiro atoms. The van der Waals surface area contributed by atoms with Gasteiger partial charge >= 0.3 is 5.97 Å². The quantitative estimate of drug-likeness (QED) is 0.421. The van der Waals surface area contributed by atoms with Crippen LogP contribution in [0.1, 0.15) is 52.5 Å². The number of amides is 2. The Balaban J connectivity index is 1.54. The van der Waals surface area contributed by atoms with Crippen LogP contribution < -0.4 is 15.4 Å². The first-order chi connectivity index (χ1) is 15.9. The molecule has 170 valence electrons. The van der Waals surface area contributed by atoms with E-state index in [1.165, 1.54) is 29.8 Å². The van der Waals surface area contributed by atoms with E-state index in [0.717, 1.165) is 6.42 Å². The number of hydrogen-bond acceptors (Lipinski definition) is 4. The Bertz CT molecular complexity index is 1120. The summed E-state index contributed by atoms with van der Waals surface area (Å²) in [6, 6.07) is 20.1. The smallest absolute Gasteiger partial charge is 0.335 e. The summed E-state index contributed by atoms with van der Waals surface area (Å²) in [5.74, 6) is -0.687. The average molecular weight is 447 g/mol. The van der Waals surface area contributed by atoms with Gasteiger partial charge in [0.1, 0.15) is 5.75 Å². The fraction of sp³-hybridized carbons (Fsp3) is 0.192. The zero-order chi connectivity index (χ0) is 23.8. The Kier molecular flexibility index (Phi) is 7.81. The van der Waals surface area contributed by atoms with E-state index < -0.39 is 5.97 Å². The van der Waals surface area contributed by atoms with Crippen molar-refractivity contribution < 1.29 is 24.2 Å². The van der Waals surface area contributed by atoms with E-state index in [9.17, 15) is 14.4 Å². The second-order valence-corrected chi connectivity index (χ2v) is 7.63. The third-order valence-corrected chi connectivity index (χ3v) is 5.23. The van der Waals surface area contributed by atoms with Crippen molar-refractivity contribution >= 4 is 29.2 Å². The highest BCUT2D eigenvalue weighted by Crippen LogP contribution is 2.21. The number of carboxylic acids is 1. The first-order valence-electron chi connectivity index (χ1n) is 10.6. The van der Waals surface area contributed by atoms with Gasteiger partial charge in [-0.3, -0.25) is 9.59 Å². The maximum absolute atomic E-state index is 12.5. The highest BCUT2D eigenvalue weighted by molar-refractivity contribution is 6.05. The number of ether oxygens (including phenoxy) is 1. The van der Waals surface area contributed by atoms with Crippen LogP contribution in [0.5, 0.6) is 5.75 Å². The van der Waals surface area contributed by atoms with Crippen LogP contribution in [0.3, 0.4) is 0 Å². The molecule has 3 N–H and O–H groups in total. The number of carbonyl (C=O) groups excluding carboxylic acids is 2. The molecule has 33 heavy (non-hydrogen) atoms. The second-order valence-electron chi connectivity index (χ2n) is 7.63. The molecule has 1 atom stereocenters. The average Bonchev–Trinajstić information content (AvgIpc) is 2.83. The Labute approximate surface area is 192 Å². The van der Waals surface area contributed by atoms with Crippen LogP contribution in [0.4, 0.5) is 11.4 Å². The third-order valence-electron chi connectivity index (χ3n) is 5.23. The molecule has 2 amide bonds. The van der Waals surface area contributed by atoms with Crippen LogP contribution in [-0.4, -0.2) is 29.5 Å². The van der Waals surface area contributed by atoms with Crippen LogP contribution in [0.2, 0.25) is 0 Å². The Hall–Kier alpha value is -4.13. The molecule has 0 saturated heterocycles. The summed E-state index contributed by atoms with van der Waals surface area (Å²) in [5, 5.41) is 14.4. The minimum Gasteiger partial charge on any atom is -0.484 e. The maximum Gasteiger partial charge on any atom is 0.335 e. The van der Waals surface area contributed by atoms with Gasteiger partial charge < -0.3 is 20.5 Å². The predicted molar refractivity (Wildman–Crippen MR) is 127 cm³/mol. The Morgan fingerprint density at radius 3 is 2.21 bits per heavy atom. The summed E-state index contributed by atoms with van der Waals surface area (Å²) in [6.45, 7) is 4.14. The van der Waals surface area contributed by atoms with Crippen molar-refractivity contribution in [2.45, 2.75) is 26.2 Å². The first kappa shape index (κ1) is 23.5. The molecular formula is C26H26N2O5. The number of aromatic carboxylic acids is 1. The number of rotatable bonds is 9. The molecule has 7 heteroatoms. The molecule has 0 bridgehead atoms. The molecule has 0 aliphatic heterocycles. The monoisotopic (exact) mass is 446 g/mol. The third kappa shape index (κ3) is 6.67. The van der Waals surface area contributed by atoms with Crippen LogP contribution in [-0.2, 0) is 4.79 Å². The zero-order valence-corrected chi connectivity index (χ0v) is 18.5. The van der Waals surface area contributed by atoms with E-state index in [1.54, 1.807) is 24.3 Å². The van der Waals surface area contributed by atoms with Crippen molar-refractivity contribution in [3.05, 3.63) is 89.5 Å². The maximum atomic E-state index is 12.5. The molecule has 0 aromatic heterocycles. The predicted octanol–water partition coefficient (Wildman–Crippen LogP) is 5.17. The summed E-state index contributed by atoms with van der Waals surface area (Å²) >= 11 is 0. The van der Waals surface area contributed by atoms with E-state index in [1.807, 2.05) is 24.3 Å². The fourth-order valence-corrected chi connectivity index (χ4v) is 3.11. The van der Waals surface area contributed by atoms with E-state index >= 15 is 0 Å². The molecule has 0 heterocycles. The van der Waals surface area contributed by atoms with Crippen LogP contribution in [0, 0.1) is 0 Å². The van der Waals surface area contributed by atoms with Crippen molar-refractivity contribution in [3.8, 4) is 5.75 Å². The number of carbonyl (C=O) groups is 3. The highest BCUT2D eigenvalue weighted by Gasteiger charge is 2.10. The highest BCUT2D eigenvalue weighted by atomic mass is 16.5. The lowest BCUT2D eigenvalue weighted by atomic mass is 9.99. The number of carboxylic acid groups (broad SMARTS) is 1. The van der Waals surface area contributed by atoms with Crippen LogP contribution in [0.15, 0.2) is 72.8 Å². The summed E-state index contributed by atoms with van der Waals surface area (Å²) in [4.78, 5) is 35.7. The molecule has 0 aliphatic carbocycles. The van der Waals surface area contributed by atoms with Crippen molar-refractivity contribution in [1.82, 2.24) is 0 Å². The van der Waals surface area contributed by atoms with Gasteiger partial charge in [0, 0.05) is 16.9 Å². The first-order valence-corrected chi connectivity index (χ1v) is 10.6. The van der Waals surface area contributed by atoms with Gasteiger partial charge in [-0.15, -0.1) is 0 Å². The molecule has 3 aromatic rings. The molecule has 0 unspecified atom stereocenters. The zero-order valence-electron chi connectivity index (χ0n) is 18.5. The number of benzene rings is 3. The van der Waals surface area contributed by atoms with Gasteiger partial charge in [0.2, 0.25) is 0 Å². The molecule has 0 radical (unpaired) electrons. The van der Waals surface area contributed by atoms with Crippen molar-refractivity contribution in [1.29, 1.82) is 0 Å². The molecule has 3 rings (SSSR count). The SMILES string of the molecule is CC[C@H](C)c1ccc(OCC(=O)Nc2cccc(C(=O)Nc3ccc(C(=O)O)cc3)c2)cc1. The Morgan fingerprint density at radius 1 is 0.879 bits per heavy atom. The summed E-state index contributed by atoms with van der Waals surface area (Å²) < 4.78 is 5.56. The van der Waals surface area contributed by atoms with Crippen LogP contribution in [0.25, 0.3) is 0 Å². The number of nitrogens with one attached hydrogen (secondary N) is 2. The van der Waals surface area contributed by atoms with Gasteiger partial charge in [0.25, 0.3) is 11.8 Å². The molecule has 0 aliphatic rings. The molecule has 3 aromatic carbocycles. The van der Waals surface area contributed by atoms with Crippen LogP contribution >= 0.6 is 0 Å². The number of hydrogen-bond donors (Lipinski definition) is 3.